The second-order valence-corrected chi connectivity index (χ2v) is 8.59. The molecule has 7 nitrogen and oxygen atoms in total. The molecular weight excluding hydrogens is 449 g/mol. The van der Waals surface area contributed by atoms with E-state index in [2.05, 4.69) is 9.82 Å². The van der Waals surface area contributed by atoms with Crippen molar-refractivity contribution in [1.82, 2.24) is 9.55 Å². The van der Waals surface area contributed by atoms with Crippen LogP contribution in [0, 0.1) is 10.1 Å². The van der Waals surface area contributed by atoms with Gasteiger partial charge in [0.2, 0.25) is 0 Å². The maximum absolute atomic E-state index is 10.7. The molecular formula is C20H19Cl2N3O4S. The van der Waals surface area contributed by atoms with Gasteiger partial charge in [0, 0.05) is 34.2 Å². The maximum Gasteiger partial charge on any atom is 0.302 e. The molecule has 3 rings (SSSR count). The molecule has 0 aliphatic rings. The number of imidazole rings is 1. The number of aromatic nitrogens is 2. The molecule has 2 aromatic carbocycles. The van der Waals surface area contributed by atoms with Crippen LogP contribution in [0.25, 0.3) is 0 Å². The van der Waals surface area contributed by atoms with E-state index in [1.54, 1.807) is 35.7 Å². The van der Waals surface area contributed by atoms with E-state index in [0.29, 0.717) is 22.3 Å². The zero-order valence-corrected chi connectivity index (χ0v) is 18.4. The zero-order valence-electron chi connectivity index (χ0n) is 16.0. The van der Waals surface area contributed by atoms with E-state index >= 15 is 0 Å². The molecule has 0 spiro atoms. The van der Waals surface area contributed by atoms with Crippen LogP contribution in [0.15, 0.2) is 59.8 Å². The fraction of sp³-hybridized carbons (Fsp3) is 0.250. The molecule has 0 amide bonds. The molecule has 3 aromatic rings. The van der Waals surface area contributed by atoms with E-state index in [1.807, 2.05) is 36.4 Å². The molecule has 30 heavy (non-hydrogen) atoms. The third-order valence-electron chi connectivity index (χ3n) is 4.32. The second kappa shape index (κ2) is 10.6. The van der Waals surface area contributed by atoms with Crippen molar-refractivity contribution in [3.8, 4) is 11.8 Å². The highest BCUT2D eigenvalue weighted by Crippen LogP contribution is 2.37. The van der Waals surface area contributed by atoms with Crippen molar-refractivity contribution in [1.29, 1.82) is 0 Å². The fourth-order valence-corrected chi connectivity index (χ4v) is 4.56. The fourth-order valence-electron chi connectivity index (χ4n) is 2.90. The summed E-state index contributed by atoms with van der Waals surface area (Å²) >= 11 is 13.7. The summed E-state index contributed by atoms with van der Waals surface area (Å²) in [5, 5.41) is 11.2. The summed E-state index contributed by atoms with van der Waals surface area (Å²) in [5.41, 5.74) is 1.15. The Morgan fingerprint density at radius 3 is 2.63 bits per heavy atom. The van der Waals surface area contributed by atoms with Crippen molar-refractivity contribution in [3.63, 3.8) is 0 Å². The number of methoxy groups -OCH3 is 1. The van der Waals surface area contributed by atoms with Crippen LogP contribution in [0.5, 0.6) is 11.8 Å². The lowest BCUT2D eigenvalue weighted by atomic mass is 10.1. The molecule has 158 valence electrons. The van der Waals surface area contributed by atoms with E-state index in [9.17, 15) is 10.1 Å². The highest BCUT2D eigenvalue weighted by molar-refractivity contribution is 8.00. The minimum Gasteiger partial charge on any atom is -0.496 e. The van der Waals surface area contributed by atoms with Gasteiger partial charge in [0.1, 0.15) is 5.75 Å². The minimum atomic E-state index is -0.866. The summed E-state index contributed by atoms with van der Waals surface area (Å²) in [7, 11) is 1.61. The lowest BCUT2D eigenvalue weighted by Crippen LogP contribution is -2.17. The third-order valence-corrected chi connectivity index (χ3v) is 6.10. The van der Waals surface area contributed by atoms with Gasteiger partial charge in [-0.3, -0.25) is 0 Å². The van der Waals surface area contributed by atoms with Crippen LogP contribution in [-0.4, -0.2) is 27.0 Å². The maximum atomic E-state index is 10.7. The number of thioether (sulfide) groups is 1. The molecule has 1 aromatic heterocycles. The Morgan fingerprint density at radius 2 is 1.93 bits per heavy atom. The molecule has 0 saturated carbocycles. The Labute approximate surface area is 188 Å². The van der Waals surface area contributed by atoms with Gasteiger partial charge in [0.05, 0.1) is 12.0 Å². The average Bonchev–Trinajstić information content (AvgIpc) is 3.13. The number of ether oxygens (including phenoxy) is 1. The lowest BCUT2D eigenvalue weighted by Gasteiger charge is -2.20. The van der Waals surface area contributed by atoms with Gasteiger partial charge in [0.25, 0.3) is 6.01 Å². The van der Waals surface area contributed by atoms with Crippen molar-refractivity contribution < 1.29 is 14.7 Å². The van der Waals surface area contributed by atoms with Gasteiger partial charge in [-0.05, 0) is 48.7 Å². The smallest absolute Gasteiger partial charge is 0.302 e. The van der Waals surface area contributed by atoms with Gasteiger partial charge in [-0.1, -0.05) is 35.3 Å². The van der Waals surface area contributed by atoms with Crippen LogP contribution >= 0.6 is 35.0 Å². The first kappa shape index (κ1) is 22.3. The van der Waals surface area contributed by atoms with E-state index in [1.165, 1.54) is 6.20 Å². The van der Waals surface area contributed by atoms with Gasteiger partial charge in [-0.2, -0.15) is 0 Å². The number of hydrogen-bond donors (Lipinski definition) is 0. The number of aryl methyl sites for hydroxylation is 1. The zero-order chi connectivity index (χ0) is 21.5. The number of nitrogens with zero attached hydrogens (tertiary/aromatic N) is 3. The average molecular weight is 468 g/mol. The summed E-state index contributed by atoms with van der Waals surface area (Å²) in [4.78, 5) is 20.1. The van der Waals surface area contributed by atoms with Crippen molar-refractivity contribution in [2.45, 2.75) is 29.5 Å². The lowest BCUT2D eigenvalue weighted by molar-refractivity contribution is -0.713. The Morgan fingerprint density at radius 1 is 1.20 bits per heavy atom. The Bertz CT molecular complexity index is 998. The van der Waals surface area contributed by atoms with Gasteiger partial charge in [0.15, 0.2) is 0 Å². The van der Waals surface area contributed by atoms with Gasteiger partial charge in [-0.25, -0.2) is 9.82 Å². The summed E-state index contributed by atoms with van der Waals surface area (Å²) in [6.07, 6.45) is 4.72. The topological polar surface area (TPSA) is 79.4 Å². The van der Waals surface area contributed by atoms with E-state index in [-0.39, 0.29) is 11.3 Å². The monoisotopic (exact) mass is 467 g/mol. The highest BCUT2D eigenvalue weighted by atomic mass is 35.5. The van der Waals surface area contributed by atoms with Gasteiger partial charge in [-0.15, -0.1) is 21.9 Å². The predicted molar refractivity (Wildman–Crippen MR) is 117 cm³/mol. The number of benzene rings is 2. The predicted octanol–water partition coefficient (Wildman–Crippen LogP) is 5.56. The molecule has 0 aliphatic heterocycles. The molecule has 10 heteroatoms. The molecule has 0 aliphatic carbocycles. The van der Waals surface area contributed by atoms with Crippen LogP contribution in [0.4, 0.5) is 0 Å². The largest absolute Gasteiger partial charge is 0.496 e. The SMILES string of the molecule is COc1ccc(Cl)cc1SC(CCc1ccc(Cl)cc1)Cn1ccnc1O[N+](=O)[O-]. The number of halogens is 2. The van der Waals surface area contributed by atoms with Crippen LogP contribution in [-0.2, 0) is 13.0 Å². The van der Waals surface area contributed by atoms with Crippen molar-refractivity contribution >= 4 is 35.0 Å². The van der Waals surface area contributed by atoms with Gasteiger partial charge >= 0.3 is 5.09 Å². The first-order valence-electron chi connectivity index (χ1n) is 9.02. The summed E-state index contributed by atoms with van der Waals surface area (Å²) in [6, 6.07) is 13.1. The highest BCUT2D eigenvalue weighted by Gasteiger charge is 2.18. The quantitative estimate of drug-likeness (QED) is 0.220. The molecule has 0 radical (unpaired) electrons. The van der Waals surface area contributed by atoms with Crippen molar-refractivity contribution in [2.24, 2.45) is 0 Å². The molecule has 1 heterocycles. The van der Waals surface area contributed by atoms with Crippen molar-refractivity contribution in [2.75, 3.05) is 7.11 Å². The molecule has 1 unspecified atom stereocenters. The van der Waals surface area contributed by atoms with E-state index < -0.39 is 5.09 Å². The normalized spacial score (nSPS) is 11.8. The first-order valence-corrected chi connectivity index (χ1v) is 10.7. The number of rotatable bonds is 10. The van der Waals surface area contributed by atoms with Crippen molar-refractivity contribution in [3.05, 3.63) is 80.6 Å². The summed E-state index contributed by atoms with van der Waals surface area (Å²) in [6.45, 7) is 0.455. The molecule has 1 atom stereocenters. The number of hydrogen-bond acceptors (Lipinski definition) is 6. The Hall–Kier alpha value is -2.42. The molecule has 0 fully saturated rings. The van der Waals surface area contributed by atoms with E-state index in [4.69, 9.17) is 27.9 Å². The summed E-state index contributed by atoms with van der Waals surface area (Å²) in [5.74, 6) is 0.716. The third kappa shape index (κ3) is 6.29. The van der Waals surface area contributed by atoms with Gasteiger partial charge < -0.3 is 9.30 Å². The van der Waals surface area contributed by atoms with Crippen LogP contribution in [0.1, 0.15) is 12.0 Å². The Balaban J connectivity index is 1.81. The van der Waals surface area contributed by atoms with Crippen LogP contribution < -0.4 is 9.57 Å². The molecule has 0 saturated heterocycles. The summed E-state index contributed by atoms with van der Waals surface area (Å²) < 4.78 is 7.09. The molecule has 0 N–H and O–H groups in total. The Kier molecular flexibility index (Phi) is 7.84. The standard InChI is InChI=1S/C20H19Cl2N3O4S/c1-28-18-9-7-16(22)12-19(18)30-17(8-4-14-2-5-15(21)6-3-14)13-24-11-10-23-20(24)29-25(26)27/h2-3,5-7,9-12,17H,4,8,13H2,1H3. The van der Waals surface area contributed by atoms with Crippen LogP contribution in [0.2, 0.25) is 10.0 Å². The molecule has 0 bridgehead atoms. The second-order valence-electron chi connectivity index (χ2n) is 6.38. The first-order chi connectivity index (χ1) is 14.4. The van der Waals surface area contributed by atoms with E-state index in [0.717, 1.165) is 23.3 Å². The minimum absolute atomic E-state index is 0.0383. The van der Waals surface area contributed by atoms with Crippen LogP contribution in [0.3, 0.4) is 0 Å².